The lowest BCUT2D eigenvalue weighted by atomic mass is 9.97. The quantitative estimate of drug-likeness (QED) is 0.834. The molecule has 0 fully saturated rings. The average molecular weight is 360 g/mol. The van der Waals surface area contributed by atoms with E-state index in [0.29, 0.717) is 21.2 Å². The SMILES string of the molecule is CC(C)(C)NC(=O)c1ccccc1C(=O)c1ccccc1Br. The zero-order valence-corrected chi connectivity index (χ0v) is 14.4. The van der Waals surface area contributed by atoms with Crippen LogP contribution in [0.3, 0.4) is 0 Å². The smallest absolute Gasteiger partial charge is 0.252 e. The third-order valence-corrected chi connectivity index (χ3v) is 3.71. The van der Waals surface area contributed by atoms with Gasteiger partial charge in [0.1, 0.15) is 0 Å². The molecule has 22 heavy (non-hydrogen) atoms. The zero-order valence-electron chi connectivity index (χ0n) is 12.8. The first kappa shape index (κ1) is 16.4. The van der Waals surface area contributed by atoms with E-state index >= 15 is 0 Å². The van der Waals surface area contributed by atoms with E-state index < -0.39 is 0 Å². The predicted octanol–water partition coefficient (Wildman–Crippen LogP) is 4.21. The maximum Gasteiger partial charge on any atom is 0.252 e. The predicted molar refractivity (Wildman–Crippen MR) is 91.2 cm³/mol. The van der Waals surface area contributed by atoms with Crippen molar-refractivity contribution in [2.24, 2.45) is 0 Å². The van der Waals surface area contributed by atoms with Gasteiger partial charge >= 0.3 is 0 Å². The van der Waals surface area contributed by atoms with E-state index in [4.69, 9.17) is 0 Å². The molecule has 2 aromatic carbocycles. The Bertz CT molecular complexity index is 717. The largest absolute Gasteiger partial charge is 0.347 e. The second kappa shape index (κ2) is 6.44. The highest BCUT2D eigenvalue weighted by Gasteiger charge is 2.22. The van der Waals surface area contributed by atoms with Crippen LogP contribution in [0.15, 0.2) is 53.0 Å². The Labute approximate surface area is 138 Å². The number of hydrogen-bond donors (Lipinski definition) is 1. The van der Waals surface area contributed by atoms with E-state index in [-0.39, 0.29) is 17.2 Å². The van der Waals surface area contributed by atoms with Crippen LogP contribution in [0.1, 0.15) is 47.1 Å². The first-order valence-electron chi connectivity index (χ1n) is 7.00. The molecule has 0 saturated carbocycles. The molecule has 0 aliphatic heterocycles. The third-order valence-electron chi connectivity index (χ3n) is 3.02. The summed E-state index contributed by atoms with van der Waals surface area (Å²) in [7, 11) is 0. The van der Waals surface area contributed by atoms with Gasteiger partial charge < -0.3 is 5.32 Å². The normalized spacial score (nSPS) is 11.1. The molecule has 0 atom stereocenters. The van der Waals surface area contributed by atoms with Gasteiger partial charge in [0.05, 0.1) is 5.56 Å². The van der Waals surface area contributed by atoms with Crippen LogP contribution < -0.4 is 5.32 Å². The summed E-state index contributed by atoms with van der Waals surface area (Å²) >= 11 is 3.38. The van der Waals surface area contributed by atoms with Crippen molar-refractivity contribution in [2.45, 2.75) is 26.3 Å². The molecular weight excluding hydrogens is 342 g/mol. The fraction of sp³-hybridized carbons (Fsp3) is 0.222. The molecule has 0 aromatic heterocycles. The second-order valence-electron chi connectivity index (χ2n) is 6.06. The Balaban J connectivity index is 2.43. The molecule has 4 heteroatoms. The average Bonchev–Trinajstić information content (AvgIpc) is 2.45. The van der Waals surface area contributed by atoms with Crippen LogP contribution in [0.2, 0.25) is 0 Å². The fourth-order valence-electron chi connectivity index (χ4n) is 2.08. The van der Waals surface area contributed by atoms with Gasteiger partial charge in [-0.2, -0.15) is 0 Å². The van der Waals surface area contributed by atoms with Crippen molar-refractivity contribution in [1.82, 2.24) is 5.32 Å². The van der Waals surface area contributed by atoms with Crippen molar-refractivity contribution >= 4 is 27.6 Å². The van der Waals surface area contributed by atoms with E-state index in [1.165, 1.54) is 0 Å². The van der Waals surface area contributed by atoms with Crippen LogP contribution in [0.25, 0.3) is 0 Å². The summed E-state index contributed by atoms with van der Waals surface area (Å²) in [5, 5.41) is 2.89. The lowest BCUT2D eigenvalue weighted by Gasteiger charge is -2.21. The number of halogens is 1. The van der Waals surface area contributed by atoms with Crippen LogP contribution in [-0.2, 0) is 0 Å². The minimum atomic E-state index is -0.361. The van der Waals surface area contributed by atoms with Gasteiger partial charge in [-0.05, 0) is 39.0 Å². The molecule has 3 nitrogen and oxygen atoms in total. The number of rotatable bonds is 3. The summed E-state index contributed by atoms with van der Waals surface area (Å²) < 4.78 is 0.714. The standard InChI is InChI=1S/C18H18BrNO2/c1-18(2,3)20-17(22)13-9-5-4-8-12(13)16(21)14-10-6-7-11-15(14)19/h4-11H,1-3H3,(H,20,22). The van der Waals surface area contributed by atoms with Gasteiger partial charge in [-0.1, -0.05) is 46.3 Å². The van der Waals surface area contributed by atoms with Crippen molar-refractivity contribution in [3.63, 3.8) is 0 Å². The van der Waals surface area contributed by atoms with Gasteiger partial charge in [-0.25, -0.2) is 0 Å². The second-order valence-corrected chi connectivity index (χ2v) is 6.91. The molecular formula is C18H18BrNO2. The highest BCUT2D eigenvalue weighted by atomic mass is 79.9. The van der Waals surface area contributed by atoms with Gasteiger partial charge in [-0.3, -0.25) is 9.59 Å². The van der Waals surface area contributed by atoms with Gasteiger partial charge in [0.25, 0.3) is 5.91 Å². The molecule has 1 amide bonds. The molecule has 0 spiro atoms. The van der Waals surface area contributed by atoms with Crippen LogP contribution in [0.4, 0.5) is 0 Å². The summed E-state index contributed by atoms with van der Waals surface area (Å²) in [6.45, 7) is 5.72. The molecule has 0 bridgehead atoms. The maximum absolute atomic E-state index is 12.7. The lowest BCUT2D eigenvalue weighted by Crippen LogP contribution is -2.41. The van der Waals surface area contributed by atoms with Crippen molar-refractivity contribution in [1.29, 1.82) is 0 Å². The van der Waals surface area contributed by atoms with Gasteiger partial charge in [0.2, 0.25) is 0 Å². The summed E-state index contributed by atoms with van der Waals surface area (Å²) in [5.74, 6) is -0.421. The molecule has 114 valence electrons. The Morgan fingerprint density at radius 1 is 0.864 bits per heavy atom. The van der Waals surface area contributed by atoms with E-state index in [9.17, 15) is 9.59 Å². The topological polar surface area (TPSA) is 46.2 Å². The first-order chi connectivity index (χ1) is 10.3. The lowest BCUT2D eigenvalue weighted by molar-refractivity contribution is 0.0910. The monoisotopic (exact) mass is 359 g/mol. The van der Waals surface area contributed by atoms with Crippen molar-refractivity contribution in [3.05, 3.63) is 69.7 Å². The Morgan fingerprint density at radius 2 is 1.36 bits per heavy atom. The summed E-state index contributed by atoms with van der Waals surface area (Å²) in [5.41, 5.74) is 0.966. The number of hydrogen-bond acceptors (Lipinski definition) is 2. The van der Waals surface area contributed by atoms with Gasteiger partial charge in [-0.15, -0.1) is 0 Å². The van der Waals surface area contributed by atoms with Crippen molar-refractivity contribution in [3.8, 4) is 0 Å². The summed E-state index contributed by atoms with van der Waals surface area (Å²) in [6.07, 6.45) is 0. The van der Waals surface area contributed by atoms with E-state index in [0.717, 1.165) is 0 Å². The van der Waals surface area contributed by atoms with Crippen LogP contribution in [0.5, 0.6) is 0 Å². The summed E-state index contributed by atoms with van der Waals surface area (Å²) in [4.78, 5) is 25.2. The number of carbonyl (C=O) groups is 2. The highest BCUT2D eigenvalue weighted by Crippen LogP contribution is 2.22. The van der Waals surface area contributed by atoms with E-state index in [2.05, 4.69) is 21.2 Å². The van der Waals surface area contributed by atoms with Gasteiger partial charge in [0, 0.05) is 21.1 Å². The fourth-order valence-corrected chi connectivity index (χ4v) is 2.54. The molecule has 1 N–H and O–H groups in total. The van der Waals surface area contributed by atoms with Crippen LogP contribution >= 0.6 is 15.9 Å². The first-order valence-corrected chi connectivity index (χ1v) is 7.79. The molecule has 0 radical (unpaired) electrons. The molecule has 2 aromatic rings. The number of nitrogens with one attached hydrogen (secondary N) is 1. The number of amides is 1. The van der Waals surface area contributed by atoms with Crippen molar-refractivity contribution < 1.29 is 9.59 Å². The van der Waals surface area contributed by atoms with Crippen LogP contribution in [-0.4, -0.2) is 17.2 Å². The number of carbonyl (C=O) groups excluding carboxylic acids is 2. The minimum absolute atomic E-state index is 0.174. The molecule has 0 heterocycles. The Morgan fingerprint density at radius 3 is 1.91 bits per heavy atom. The Kier molecular flexibility index (Phi) is 4.81. The van der Waals surface area contributed by atoms with Gasteiger partial charge in [0.15, 0.2) is 5.78 Å². The Hall–Kier alpha value is -1.94. The number of benzene rings is 2. The van der Waals surface area contributed by atoms with Crippen LogP contribution in [0, 0.1) is 0 Å². The zero-order chi connectivity index (χ0) is 16.3. The van der Waals surface area contributed by atoms with Crippen molar-refractivity contribution in [2.75, 3.05) is 0 Å². The third kappa shape index (κ3) is 3.83. The molecule has 0 unspecified atom stereocenters. The maximum atomic E-state index is 12.7. The number of ketones is 1. The molecule has 0 saturated heterocycles. The molecule has 0 aliphatic rings. The molecule has 2 rings (SSSR count). The minimum Gasteiger partial charge on any atom is -0.347 e. The summed E-state index contributed by atoms with van der Waals surface area (Å²) in [6, 6.07) is 14.1. The molecule has 0 aliphatic carbocycles. The van der Waals surface area contributed by atoms with E-state index in [1.54, 1.807) is 36.4 Å². The van der Waals surface area contributed by atoms with E-state index in [1.807, 2.05) is 32.9 Å². The highest BCUT2D eigenvalue weighted by molar-refractivity contribution is 9.10.